The van der Waals surface area contributed by atoms with Crippen molar-refractivity contribution in [2.45, 2.75) is 46.2 Å². The minimum atomic E-state index is -0.503. The van der Waals surface area contributed by atoms with E-state index in [0.717, 1.165) is 12.8 Å². The van der Waals surface area contributed by atoms with E-state index in [-0.39, 0.29) is 12.6 Å². The van der Waals surface area contributed by atoms with E-state index >= 15 is 0 Å². The third-order valence-electron chi connectivity index (χ3n) is 2.77. The van der Waals surface area contributed by atoms with Gasteiger partial charge in [-0.2, -0.15) is 0 Å². The lowest BCUT2D eigenvalue weighted by molar-refractivity contribution is -0.120. The van der Waals surface area contributed by atoms with Crippen LogP contribution in [0.2, 0.25) is 0 Å². The van der Waals surface area contributed by atoms with Crippen LogP contribution in [-0.2, 0) is 11.3 Å². The van der Waals surface area contributed by atoms with Crippen LogP contribution >= 0.6 is 0 Å². The molecule has 1 rings (SSSR count). The Morgan fingerprint density at radius 3 is 2.76 bits per heavy atom. The Kier molecular flexibility index (Phi) is 6.80. The number of nitrogens with two attached hydrogens (primary N) is 1. The molecule has 3 amide bonds. The number of nitrogens with one attached hydrogen (secondary N) is 2. The number of aromatic nitrogens is 3. The molecule has 0 saturated carbocycles. The first-order chi connectivity index (χ1) is 9.92. The van der Waals surface area contributed by atoms with E-state index in [2.05, 4.69) is 20.9 Å². The lowest BCUT2D eigenvalue weighted by atomic mass is 10.1. The van der Waals surface area contributed by atoms with Crippen LogP contribution in [0.25, 0.3) is 0 Å². The minimum absolute atomic E-state index is 0.0685. The molecule has 1 aromatic rings. The van der Waals surface area contributed by atoms with Gasteiger partial charge in [-0.1, -0.05) is 32.4 Å². The fourth-order valence-corrected chi connectivity index (χ4v) is 1.67. The lowest BCUT2D eigenvalue weighted by Gasteiger charge is -2.08. The molecule has 0 aliphatic heterocycles. The van der Waals surface area contributed by atoms with Crippen molar-refractivity contribution in [3.05, 3.63) is 11.9 Å². The molecule has 1 aromatic heterocycles. The summed E-state index contributed by atoms with van der Waals surface area (Å²) >= 11 is 0. The van der Waals surface area contributed by atoms with Crippen LogP contribution in [-0.4, -0.2) is 33.5 Å². The summed E-state index contributed by atoms with van der Waals surface area (Å²) in [5.74, 6) is -0.124. The summed E-state index contributed by atoms with van der Waals surface area (Å²) in [5, 5.41) is 12.6. The minimum Gasteiger partial charge on any atom is -0.338 e. The highest BCUT2D eigenvalue weighted by molar-refractivity contribution is 5.94. The molecule has 1 atom stereocenters. The molecular weight excluding hydrogens is 272 g/mol. The van der Waals surface area contributed by atoms with E-state index in [1.807, 2.05) is 20.8 Å². The van der Waals surface area contributed by atoms with E-state index in [9.17, 15) is 9.59 Å². The summed E-state index contributed by atoms with van der Waals surface area (Å²) < 4.78 is 1.37. The molecule has 1 unspecified atom stereocenters. The van der Waals surface area contributed by atoms with Crippen LogP contribution in [0, 0.1) is 5.92 Å². The molecule has 0 aliphatic rings. The first-order valence-electron chi connectivity index (χ1n) is 7.15. The highest BCUT2D eigenvalue weighted by Crippen LogP contribution is 2.11. The normalized spacial score (nSPS) is 12.2. The summed E-state index contributed by atoms with van der Waals surface area (Å²) in [5.41, 5.74) is 6.56. The molecule has 8 heteroatoms. The zero-order valence-corrected chi connectivity index (χ0v) is 12.8. The van der Waals surface area contributed by atoms with Crippen molar-refractivity contribution < 1.29 is 9.59 Å². The van der Waals surface area contributed by atoms with Gasteiger partial charge in [0.05, 0.1) is 17.9 Å². The topological polar surface area (TPSA) is 115 Å². The first-order valence-corrected chi connectivity index (χ1v) is 7.15. The van der Waals surface area contributed by atoms with E-state index in [1.54, 1.807) is 6.20 Å². The predicted octanol–water partition coefficient (Wildman–Crippen LogP) is 0.560. The van der Waals surface area contributed by atoms with Crippen molar-refractivity contribution in [1.29, 1.82) is 0 Å². The molecule has 0 fully saturated rings. The average Bonchev–Trinajstić information content (AvgIpc) is 2.85. The second-order valence-corrected chi connectivity index (χ2v) is 5.39. The summed E-state index contributed by atoms with van der Waals surface area (Å²) in [7, 11) is 0. The SMILES string of the molecule is CCCC(N)c1cn(CC(=O)NC(=O)NCC(C)C)nn1. The number of carbonyl (C=O) groups is 2. The molecule has 0 aromatic carbocycles. The van der Waals surface area contributed by atoms with Gasteiger partial charge in [0, 0.05) is 6.54 Å². The van der Waals surface area contributed by atoms with Crippen LogP contribution in [0.15, 0.2) is 6.20 Å². The van der Waals surface area contributed by atoms with Gasteiger partial charge in [-0.25, -0.2) is 9.48 Å². The first kappa shape index (κ1) is 17.1. The molecule has 0 saturated heterocycles. The van der Waals surface area contributed by atoms with Crippen molar-refractivity contribution in [2.75, 3.05) is 6.54 Å². The Morgan fingerprint density at radius 1 is 1.43 bits per heavy atom. The standard InChI is InChI=1S/C13H24N6O2/c1-4-5-10(14)11-7-19(18-17-11)8-12(20)16-13(21)15-6-9(2)3/h7,9-10H,4-6,8,14H2,1-3H3,(H2,15,16,20,21). The second-order valence-electron chi connectivity index (χ2n) is 5.39. The number of rotatable bonds is 7. The van der Waals surface area contributed by atoms with E-state index in [4.69, 9.17) is 5.73 Å². The van der Waals surface area contributed by atoms with Gasteiger partial charge in [-0.05, 0) is 12.3 Å². The van der Waals surface area contributed by atoms with Crippen LogP contribution < -0.4 is 16.4 Å². The Hall–Kier alpha value is -1.96. The van der Waals surface area contributed by atoms with Gasteiger partial charge in [0.1, 0.15) is 6.54 Å². The number of hydrogen-bond donors (Lipinski definition) is 3. The van der Waals surface area contributed by atoms with E-state index in [1.165, 1.54) is 4.68 Å². The van der Waals surface area contributed by atoms with E-state index in [0.29, 0.717) is 18.2 Å². The van der Waals surface area contributed by atoms with Crippen molar-refractivity contribution in [2.24, 2.45) is 11.7 Å². The third-order valence-corrected chi connectivity index (χ3v) is 2.77. The van der Waals surface area contributed by atoms with Crippen molar-refractivity contribution >= 4 is 11.9 Å². The highest BCUT2D eigenvalue weighted by atomic mass is 16.2. The molecule has 21 heavy (non-hydrogen) atoms. The number of nitrogens with zero attached hydrogens (tertiary/aromatic N) is 3. The van der Waals surface area contributed by atoms with Crippen molar-refractivity contribution in [3.8, 4) is 0 Å². The van der Waals surface area contributed by atoms with Crippen LogP contribution in [0.1, 0.15) is 45.3 Å². The number of amides is 3. The van der Waals surface area contributed by atoms with Crippen molar-refractivity contribution in [1.82, 2.24) is 25.6 Å². The van der Waals surface area contributed by atoms with Gasteiger partial charge in [0.15, 0.2) is 0 Å². The third kappa shape index (κ3) is 6.35. The van der Waals surface area contributed by atoms with Gasteiger partial charge >= 0.3 is 6.03 Å². The summed E-state index contributed by atoms with van der Waals surface area (Å²) in [4.78, 5) is 23.1. The largest absolute Gasteiger partial charge is 0.338 e. The fraction of sp³-hybridized carbons (Fsp3) is 0.692. The summed E-state index contributed by atoms with van der Waals surface area (Å²) in [6.07, 6.45) is 3.39. The molecule has 1 heterocycles. The quantitative estimate of drug-likeness (QED) is 0.680. The Balaban J connectivity index is 2.42. The predicted molar refractivity (Wildman–Crippen MR) is 78.2 cm³/mol. The Bertz CT molecular complexity index is 471. The molecule has 0 bridgehead atoms. The zero-order valence-electron chi connectivity index (χ0n) is 12.8. The van der Waals surface area contributed by atoms with Gasteiger partial charge < -0.3 is 11.1 Å². The Labute approximate surface area is 124 Å². The fourth-order valence-electron chi connectivity index (χ4n) is 1.67. The number of urea groups is 1. The van der Waals surface area contributed by atoms with Gasteiger partial charge in [-0.3, -0.25) is 10.1 Å². The van der Waals surface area contributed by atoms with Crippen LogP contribution in [0.3, 0.4) is 0 Å². The van der Waals surface area contributed by atoms with Gasteiger partial charge in [0.2, 0.25) is 5.91 Å². The molecule has 4 N–H and O–H groups in total. The van der Waals surface area contributed by atoms with Crippen LogP contribution in [0.4, 0.5) is 4.79 Å². The smallest absolute Gasteiger partial charge is 0.321 e. The molecular formula is C13H24N6O2. The second kappa shape index (κ2) is 8.35. The molecule has 8 nitrogen and oxygen atoms in total. The Morgan fingerprint density at radius 2 is 2.14 bits per heavy atom. The maximum absolute atomic E-state index is 11.7. The summed E-state index contributed by atoms with van der Waals surface area (Å²) in [6.45, 7) is 6.42. The lowest BCUT2D eigenvalue weighted by Crippen LogP contribution is -2.42. The number of imide groups is 1. The number of carbonyl (C=O) groups excluding carboxylic acids is 2. The van der Waals surface area contributed by atoms with Crippen LogP contribution in [0.5, 0.6) is 0 Å². The molecule has 0 aliphatic carbocycles. The monoisotopic (exact) mass is 296 g/mol. The van der Waals surface area contributed by atoms with Gasteiger partial charge in [0.25, 0.3) is 0 Å². The maximum atomic E-state index is 11.7. The maximum Gasteiger partial charge on any atom is 0.321 e. The molecule has 0 radical (unpaired) electrons. The zero-order chi connectivity index (χ0) is 15.8. The summed E-state index contributed by atoms with van der Waals surface area (Å²) in [6, 6.07) is -0.683. The average molecular weight is 296 g/mol. The molecule has 118 valence electrons. The highest BCUT2D eigenvalue weighted by Gasteiger charge is 2.13. The van der Waals surface area contributed by atoms with Crippen molar-refractivity contribution in [3.63, 3.8) is 0 Å². The molecule has 0 spiro atoms. The number of hydrogen-bond acceptors (Lipinski definition) is 5. The van der Waals surface area contributed by atoms with Gasteiger partial charge in [-0.15, -0.1) is 5.10 Å². The van der Waals surface area contributed by atoms with E-state index < -0.39 is 11.9 Å².